The Morgan fingerprint density at radius 1 is 1.20 bits per heavy atom. The number of hydrogen-bond acceptors (Lipinski definition) is 2. The average molecular weight is 355 g/mol. The van der Waals surface area contributed by atoms with Gasteiger partial charge in [-0.15, -0.1) is 0 Å². The van der Waals surface area contributed by atoms with E-state index in [1.165, 1.54) is 6.07 Å². The van der Waals surface area contributed by atoms with Crippen molar-refractivity contribution >= 4 is 0 Å². The molecule has 1 aliphatic carbocycles. The quantitative estimate of drug-likeness (QED) is 0.483. The van der Waals surface area contributed by atoms with Gasteiger partial charge in [-0.25, -0.2) is 8.78 Å². The molecule has 0 atom stereocenters. The van der Waals surface area contributed by atoms with Gasteiger partial charge in [0.2, 0.25) is 0 Å². The second kappa shape index (κ2) is 8.48. The molecule has 2 nitrogen and oxygen atoms in total. The monoisotopic (exact) mass is 355 g/mol. The number of halogens is 4. The third kappa shape index (κ3) is 5.57. The summed E-state index contributed by atoms with van der Waals surface area (Å²) < 4.78 is 59.6. The van der Waals surface area contributed by atoms with Crippen molar-refractivity contribution in [1.29, 1.82) is 5.26 Å². The van der Waals surface area contributed by atoms with Crippen LogP contribution in [0.2, 0.25) is 0 Å². The highest BCUT2D eigenvalue weighted by atomic mass is 19.3. The minimum Gasteiger partial charge on any atom is -0.316 e. The van der Waals surface area contributed by atoms with Gasteiger partial charge >= 0.3 is 6.11 Å². The van der Waals surface area contributed by atoms with Gasteiger partial charge in [0.15, 0.2) is 0 Å². The lowest BCUT2D eigenvalue weighted by atomic mass is 9.80. The fourth-order valence-electron chi connectivity index (χ4n) is 3.26. The summed E-state index contributed by atoms with van der Waals surface area (Å²) in [6.07, 6.45) is 3.56. The molecule has 0 aliphatic heterocycles. The molecule has 25 heavy (non-hydrogen) atoms. The molecule has 2 rings (SSSR count). The Labute approximate surface area is 145 Å². The minimum absolute atomic E-state index is 0.0644. The second-order valence-corrected chi connectivity index (χ2v) is 6.48. The predicted molar refractivity (Wildman–Crippen MR) is 85.7 cm³/mol. The van der Waals surface area contributed by atoms with Gasteiger partial charge in [0.05, 0.1) is 6.61 Å². The number of nitrogens with zero attached hydrogens (tertiary/aromatic N) is 1. The molecule has 0 amide bonds. The standard InChI is InChI=1S/C19H21F4NO/c1-2-3-13-4-6-14(7-5-13)10-19(22,23)25-12-15-8-17(20)16(11-24)18(21)9-15/h2-3,8-9,13-14H,4-7,10,12H2,1H3/b3-2+/t13-,14-. The molecule has 0 N–H and O–H groups in total. The topological polar surface area (TPSA) is 33.0 Å². The molecule has 136 valence electrons. The normalized spacial score (nSPS) is 21.4. The SMILES string of the molecule is C/C=C/[C@H]1CC[C@H](CC(F)(F)OCc2cc(F)c(C#N)c(F)c2)CC1. The number of hydrogen-bond donors (Lipinski definition) is 0. The van der Waals surface area contributed by atoms with E-state index < -0.39 is 36.3 Å². The molecule has 0 unspecified atom stereocenters. The molecule has 1 fully saturated rings. The van der Waals surface area contributed by atoms with Crippen molar-refractivity contribution in [2.45, 2.75) is 51.7 Å². The molecular weight excluding hydrogens is 334 g/mol. The highest BCUT2D eigenvalue weighted by Crippen LogP contribution is 2.37. The highest BCUT2D eigenvalue weighted by molar-refractivity contribution is 5.34. The van der Waals surface area contributed by atoms with E-state index in [1.807, 2.05) is 13.0 Å². The Balaban J connectivity index is 1.89. The molecule has 1 aromatic rings. The van der Waals surface area contributed by atoms with Gasteiger partial charge in [0.25, 0.3) is 0 Å². The zero-order valence-corrected chi connectivity index (χ0v) is 14.1. The maximum Gasteiger partial charge on any atom is 0.356 e. The Morgan fingerprint density at radius 2 is 1.80 bits per heavy atom. The molecule has 1 aliphatic rings. The van der Waals surface area contributed by atoms with Crippen LogP contribution in [0.25, 0.3) is 0 Å². The zero-order chi connectivity index (χ0) is 18.4. The maximum atomic E-state index is 14.0. The number of nitriles is 1. The number of allylic oxidation sites excluding steroid dienone is 2. The Bertz CT molecular complexity index is 635. The predicted octanol–water partition coefficient (Wildman–Crippen LogP) is 5.72. The smallest absolute Gasteiger partial charge is 0.316 e. The van der Waals surface area contributed by atoms with Gasteiger partial charge in [-0.2, -0.15) is 14.0 Å². The molecule has 0 saturated heterocycles. The number of alkyl halides is 2. The van der Waals surface area contributed by atoms with Crippen LogP contribution in [0.15, 0.2) is 24.3 Å². The lowest BCUT2D eigenvalue weighted by molar-refractivity contribution is -0.256. The van der Waals surface area contributed by atoms with Crippen LogP contribution in [0.4, 0.5) is 17.6 Å². The first kappa shape index (κ1) is 19.5. The van der Waals surface area contributed by atoms with Crippen molar-refractivity contribution in [2.75, 3.05) is 0 Å². The van der Waals surface area contributed by atoms with Gasteiger partial charge in [-0.05, 0) is 62.1 Å². The molecule has 0 bridgehead atoms. The summed E-state index contributed by atoms with van der Waals surface area (Å²) in [5.74, 6) is -1.82. The molecule has 1 aromatic carbocycles. The fourth-order valence-corrected chi connectivity index (χ4v) is 3.26. The van der Waals surface area contributed by atoms with Gasteiger partial charge in [0.1, 0.15) is 23.3 Å². The van der Waals surface area contributed by atoms with Crippen LogP contribution >= 0.6 is 0 Å². The average Bonchev–Trinajstić information content (AvgIpc) is 2.55. The van der Waals surface area contributed by atoms with Crippen LogP contribution in [0.5, 0.6) is 0 Å². The number of rotatable bonds is 6. The van der Waals surface area contributed by atoms with Crippen molar-refractivity contribution in [1.82, 2.24) is 0 Å². The number of ether oxygens (including phenoxy) is 1. The zero-order valence-electron chi connectivity index (χ0n) is 14.1. The Kier molecular flexibility index (Phi) is 6.60. The third-order valence-corrected chi connectivity index (χ3v) is 4.55. The summed E-state index contributed by atoms with van der Waals surface area (Å²) in [5, 5.41) is 8.60. The van der Waals surface area contributed by atoms with Gasteiger partial charge < -0.3 is 4.74 Å². The van der Waals surface area contributed by atoms with E-state index in [1.54, 1.807) is 0 Å². The van der Waals surface area contributed by atoms with E-state index in [0.717, 1.165) is 25.0 Å². The van der Waals surface area contributed by atoms with Crippen molar-refractivity contribution in [3.8, 4) is 6.07 Å². The molecule has 0 radical (unpaired) electrons. The van der Waals surface area contributed by atoms with Crippen molar-refractivity contribution in [2.24, 2.45) is 11.8 Å². The first-order valence-electron chi connectivity index (χ1n) is 8.37. The van der Waals surface area contributed by atoms with Crippen molar-refractivity contribution < 1.29 is 22.3 Å². The van der Waals surface area contributed by atoms with Gasteiger partial charge in [-0.3, -0.25) is 0 Å². The summed E-state index contributed by atoms with van der Waals surface area (Å²) in [4.78, 5) is 0. The molecule has 6 heteroatoms. The summed E-state index contributed by atoms with van der Waals surface area (Å²) in [5.41, 5.74) is -0.793. The largest absolute Gasteiger partial charge is 0.356 e. The Hall–Kier alpha value is -1.87. The molecule has 0 aromatic heterocycles. The van der Waals surface area contributed by atoms with E-state index in [9.17, 15) is 17.6 Å². The van der Waals surface area contributed by atoms with Gasteiger partial charge in [0, 0.05) is 6.42 Å². The molecule has 0 spiro atoms. The fraction of sp³-hybridized carbons (Fsp3) is 0.526. The number of benzene rings is 1. The Morgan fingerprint density at radius 3 is 2.32 bits per heavy atom. The first-order chi connectivity index (χ1) is 11.8. The van der Waals surface area contributed by atoms with Crippen molar-refractivity contribution in [3.63, 3.8) is 0 Å². The highest BCUT2D eigenvalue weighted by Gasteiger charge is 2.35. The van der Waals surface area contributed by atoms with Crippen LogP contribution in [-0.4, -0.2) is 6.11 Å². The van der Waals surface area contributed by atoms with E-state index >= 15 is 0 Å². The summed E-state index contributed by atoms with van der Waals surface area (Å²) in [6.45, 7) is 1.34. The van der Waals surface area contributed by atoms with E-state index in [0.29, 0.717) is 18.8 Å². The van der Waals surface area contributed by atoms with Gasteiger partial charge in [-0.1, -0.05) is 12.2 Å². The minimum atomic E-state index is -3.35. The van der Waals surface area contributed by atoms with Crippen LogP contribution in [0.3, 0.4) is 0 Å². The lowest BCUT2D eigenvalue weighted by Gasteiger charge is -2.29. The molecular formula is C19H21F4NO. The van der Waals surface area contributed by atoms with Crippen LogP contribution < -0.4 is 0 Å². The third-order valence-electron chi connectivity index (χ3n) is 4.55. The summed E-state index contributed by atoms with van der Waals surface area (Å²) in [6, 6.07) is 3.08. The van der Waals surface area contributed by atoms with E-state index in [-0.39, 0.29) is 11.5 Å². The maximum absolute atomic E-state index is 14.0. The second-order valence-electron chi connectivity index (χ2n) is 6.48. The lowest BCUT2D eigenvalue weighted by Crippen LogP contribution is -2.27. The van der Waals surface area contributed by atoms with Crippen LogP contribution in [0, 0.1) is 34.8 Å². The van der Waals surface area contributed by atoms with Crippen molar-refractivity contribution in [3.05, 3.63) is 47.0 Å². The van der Waals surface area contributed by atoms with E-state index in [2.05, 4.69) is 10.8 Å². The molecule has 1 saturated carbocycles. The summed E-state index contributed by atoms with van der Waals surface area (Å²) in [7, 11) is 0. The first-order valence-corrected chi connectivity index (χ1v) is 8.37. The summed E-state index contributed by atoms with van der Waals surface area (Å²) >= 11 is 0. The van der Waals surface area contributed by atoms with Crippen LogP contribution in [-0.2, 0) is 11.3 Å². The van der Waals surface area contributed by atoms with Crippen LogP contribution in [0.1, 0.15) is 50.2 Å². The molecule has 0 heterocycles. The van der Waals surface area contributed by atoms with E-state index in [4.69, 9.17) is 5.26 Å².